The Bertz CT molecular complexity index is 72.4. The maximum absolute atomic E-state index is 5.62. The highest BCUT2D eigenvalue weighted by atomic mass is 15.0. The number of hydrogen-bond donors (Lipinski definition) is 2. The molecule has 0 saturated heterocycles. The fraction of sp³-hybridized carbons (Fsp3) is 0.833. The molecule has 0 aromatic heterocycles. The smallest absolute Gasteiger partial charge is 0.0831 e. The minimum absolute atomic E-state index is 1.21. The number of hydrogen-bond acceptors (Lipinski definition) is 3. The van der Waals surface area contributed by atoms with E-state index < -0.39 is 0 Å². The van der Waals surface area contributed by atoms with E-state index in [9.17, 15) is 0 Å². The van der Waals surface area contributed by atoms with Crippen LogP contribution >= 0.6 is 0 Å². The Balaban J connectivity index is 0. The third-order valence-electron chi connectivity index (χ3n) is 0.671. The van der Waals surface area contributed by atoms with Crippen molar-refractivity contribution in [2.24, 2.45) is 0 Å². The first-order valence-corrected chi connectivity index (χ1v) is 2.92. The van der Waals surface area contributed by atoms with Gasteiger partial charge in [-0.2, -0.15) is 0 Å². The Morgan fingerprint density at radius 2 is 1.67 bits per heavy atom. The van der Waals surface area contributed by atoms with E-state index in [-0.39, 0.29) is 0 Å². The summed E-state index contributed by atoms with van der Waals surface area (Å²) in [6.07, 6.45) is 1.26. The molecular weight excluding hydrogens is 114 g/mol. The Hall–Kier alpha value is -0.660. The largest absolute Gasteiger partial charge is 0.309 e. The van der Waals surface area contributed by atoms with Crippen molar-refractivity contribution in [3.8, 4) is 0 Å². The molecule has 0 saturated carbocycles. The van der Waals surface area contributed by atoms with Crippen molar-refractivity contribution in [1.29, 1.82) is 10.8 Å². The van der Waals surface area contributed by atoms with E-state index in [0.717, 1.165) is 0 Å². The second-order valence-corrected chi connectivity index (χ2v) is 1.93. The first-order chi connectivity index (χ1) is 4.18. The summed E-state index contributed by atoms with van der Waals surface area (Å²) < 4.78 is 0. The summed E-state index contributed by atoms with van der Waals surface area (Å²) in [7, 11) is 4.17. The third kappa shape index (κ3) is 38.2. The Morgan fingerprint density at radius 1 is 1.33 bits per heavy atom. The van der Waals surface area contributed by atoms with Crippen LogP contribution in [-0.2, 0) is 0 Å². The van der Waals surface area contributed by atoms with Gasteiger partial charge in [0.15, 0.2) is 0 Å². The van der Waals surface area contributed by atoms with Crippen molar-refractivity contribution in [2.45, 2.75) is 13.3 Å². The van der Waals surface area contributed by atoms with Gasteiger partial charge in [0.25, 0.3) is 0 Å². The van der Waals surface area contributed by atoms with Crippen LogP contribution in [-0.4, -0.2) is 31.5 Å². The average Bonchev–Trinajstić information content (AvgIpc) is 1.67. The van der Waals surface area contributed by atoms with Crippen molar-refractivity contribution in [2.75, 3.05) is 20.6 Å². The number of nitrogens with one attached hydrogen (secondary N) is 2. The molecule has 9 heavy (non-hydrogen) atoms. The van der Waals surface area contributed by atoms with E-state index in [0.29, 0.717) is 0 Å². The molecule has 0 spiro atoms. The summed E-state index contributed by atoms with van der Waals surface area (Å²) in [4.78, 5) is 2.18. The maximum atomic E-state index is 5.62. The van der Waals surface area contributed by atoms with Gasteiger partial charge in [-0.15, -0.1) is 0 Å². The molecule has 0 fully saturated rings. The summed E-state index contributed by atoms with van der Waals surface area (Å²) in [5, 5.41) is 11.2. The highest BCUT2D eigenvalue weighted by molar-refractivity contribution is 5.29. The molecule has 0 atom stereocenters. The lowest BCUT2D eigenvalue weighted by molar-refractivity contribution is 0.408. The minimum atomic E-state index is 1.21. The predicted octanol–water partition coefficient (Wildman–Crippen LogP) is 1.28. The molecule has 0 aromatic rings. The zero-order chi connectivity index (χ0) is 7.70. The van der Waals surface area contributed by atoms with E-state index >= 15 is 0 Å². The highest BCUT2D eigenvalue weighted by Crippen LogP contribution is 1.76. The van der Waals surface area contributed by atoms with Gasteiger partial charge in [-0.05, 0) is 27.1 Å². The fourth-order valence-electron chi connectivity index (χ4n) is 0.447. The van der Waals surface area contributed by atoms with Crippen LogP contribution in [0.3, 0.4) is 0 Å². The predicted molar refractivity (Wildman–Crippen MR) is 39.3 cm³/mol. The van der Waals surface area contributed by atoms with Crippen molar-refractivity contribution in [3.63, 3.8) is 0 Å². The molecule has 54 valence electrons. The SMILES string of the molecule is CCCN(C)C.N=C=N. The van der Waals surface area contributed by atoms with Gasteiger partial charge in [0.05, 0.1) is 6.01 Å². The molecule has 3 nitrogen and oxygen atoms in total. The first-order valence-electron chi connectivity index (χ1n) is 2.92. The zero-order valence-electron chi connectivity index (χ0n) is 6.36. The second kappa shape index (κ2) is 10.3. The molecule has 0 aliphatic rings. The van der Waals surface area contributed by atoms with E-state index in [1.54, 1.807) is 0 Å². The van der Waals surface area contributed by atoms with Crippen LogP contribution in [0.5, 0.6) is 0 Å². The lowest BCUT2D eigenvalue weighted by atomic mass is 10.5. The van der Waals surface area contributed by atoms with Crippen LogP contribution in [0.1, 0.15) is 13.3 Å². The van der Waals surface area contributed by atoms with Crippen LogP contribution in [0.25, 0.3) is 0 Å². The first kappa shape index (κ1) is 11.2. The minimum Gasteiger partial charge on any atom is -0.309 e. The fourth-order valence-corrected chi connectivity index (χ4v) is 0.447. The summed E-state index contributed by atoms with van der Waals surface area (Å²) in [5.41, 5.74) is 0. The Morgan fingerprint density at radius 3 is 1.67 bits per heavy atom. The van der Waals surface area contributed by atoms with Crippen LogP contribution in [0, 0.1) is 10.8 Å². The van der Waals surface area contributed by atoms with E-state index in [4.69, 9.17) is 10.8 Å². The van der Waals surface area contributed by atoms with E-state index in [2.05, 4.69) is 25.9 Å². The molecule has 0 heterocycles. The van der Waals surface area contributed by atoms with Gasteiger partial charge in [-0.25, -0.2) is 10.8 Å². The second-order valence-electron chi connectivity index (χ2n) is 1.93. The van der Waals surface area contributed by atoms with Crippen LogP contribution in [0.15, 0.2) is 0 Å². The highest BCUT2D eigenvalue weighted by Gasteiger charge is 1.79. The van der Waals surface area contributed by atoms with E-state index in [1.807, 2.05) is 0 Å². The summed E-state index contributed by atoms with van der Waals surface area (Å²) >= 11 is 0. The van der Waals surface area contributed by atoms with Gasteiger partial charge in [0.1, 0.15) is 0 Å². The molecule has 0 rings (SSSR count). The van der Waals surface area contributed by atoms with Gasteiger partial charge in [0, 0.05) is 0 Å². The van der Waals surface area contributed by atoms with Crippen LogP contribution in [0.2, 0.25) is 0 Å². The van der Waals surface area contributed by atoms with Gasteiger partial charge in [0.2, 0.25) is 0 Å². The third-order valence-corrected chi connectivity index (χ3v) is 0.671. The quantitative estimate of drug-likeness (QED) is 0.542. The molecule has 0 aliphatic carbocycles. The molecular formula is C6H15N3. The Kier molecular flexibility index (Phi) is 12.9. The number of rotatable bonds is 2. The standard InChI is InChI=1S/C5H13N.CH2N2/c1-4-5-6(2)3;2-1-3/h4-5H2,1-3H3;2-3H. The van der Waals surface area contributed by atoms with Gasteiger partial charge in [-0.3, -0.25) is 0 Å². The molecule has 0 radical (unpaired) electrons. The average molecular weight is 129 g/mol. The van der Waals surface area contributed by atoms with Crippen LogP contribution < -0.4 is 0 Å². The Labute approximate surface area is 56.7 Å². The number of nitrogens with zero attached hydrogens (tertiary/aromatic N) is 1. The molecule has 0 aromatic carbocycles. The molecule has 0 unspecified atom stereocenters. The molecule has 2 N–H and O–H groups in total. The van der Waals surface area contributed by atoms with Gasteiger partial charge in [-0.1, -0.05) is 6.92 Å². The van der Waals surface area contributed by atoms with E-state index in [1.165, 1.54) is 19.0 Å². The topological polar surface area (TPSA) is 50.9 Å². The van der Waals surface area contributed by atoms with Gasteiger partial charge < -0.3 is 4.90 Å². The summed E-state index contributed by atoms with van der Waals surface area (Å²) in [5.74, 6) is 0. The summed E-state index contributed by atoms with van der Waals surface area (Å²) in [6.45, 7) is 3.39. The molecule has 3 heteroatoms. The molecule has 0 aliphatic heterocycles. The normalized spacial score (nSPS) is 7.56. The molecule has 0 amide bonds. The van der Waals surface area contributed by atoms with Gasteiger partial charge >= 0.3 is 0 Å². The van der Waals surface area contributed by atoms with Crippen molar-refractivity contribution >= 4 is 6.01 Å². The van der Waals surface area contributed by atoms with Crippen molar-refractivity contribution in [1.82, 2.24) is 4.90 Å². The lowest BCUT2D eigenvalue weighted by Crippen LogP contribution is -2.11. The zero-order valence-corrected chi connectivity index (χ0v) is 6.36. The van der Waals surface area contributed by atoms with Crippen molar-refractivity contribution < 1.29 is 0 Å². The summed E-state index contributed by atoms with van der Waals surface area (Å²) in [6, 6.07) is 1.25. The lowest BCUT2D eigenvalue weighted by Gasteiger charge is -2.03. The van der Waals surface area contributed by atoms with Crippen LogP contribution in [0.4, 0.5) is 0 Å². The monoisotopic (exact) mass is 129 g/mol. The van der Waals surface area contributed by atoms with Crippen molar-refractivity contribution in [3.05, 3.63) is 0 Å². The molecule has 0 bridgehead atoms. The maximum Gasteiger partial charge on any atom is 0.0831 e.